The normalized spacial score (nSPS) is 10.7. The minimum absolute atomic E-state index is 0.982. The molecule has 0 aliphatic rings. The van der Waals surface area contributed by atoms with E-state index in [2.05, 4.69) is 57.8 Å². The van der Waals surface area contributed by atoms with Gasteiger partial charge in [0.2, 0.25) is 0 Å². The molecule has 0 atom stereocenters. The van der Waals surface area contributed by atoms with Gasteiger partial charge in [0.05, 0.1) is 23.8 Å². The van der Waals surface area contributed by atoms with Gasteiger partial charge in [-0.15, -0.1) is 0 Å². The van der Waals surface area contributed by atoms with Gasteiger partial charge in [-0.3, -0.25) is 4.68 Å². The van der Waals surface area contributed by atoms with Gasteiger partial charge < -0.3 is 0 Å². The molecule has 2 aromatic carbocycles. The van der Waals surface area contributed by atoms with Crippen molar-refractivity contribution in [1.29, 1.82) is 0 Å². The first kappa shape index (κ1) is 14.3. The summed E-state index contributed by atoms with van der Waals surface area (Å²) in [7, 11) is 1.97. The maximum Gasteiger partial charge on any atom is 0.0929 e. The zero-order chi connectivity index (χ0) is 16.4. The molecule has 0 aliphatic carbocycles. The van der Waals surface area contributed by atoms with Crippen LogP contribution in [0.2, 0.25) is 0 Å². The number of aryl methyl sites for hydroxylation is 1. The molecule has 0 unspecified atom stereocenters. The SMILES string of the molecule is Cn1nc(-c2ccccc2)cc1-c1ccc(-c2ccnnc2)cc1. The average Bonchev–Trinajstić information content (AvgIpc) is 3.05. The third kappa shape index (κ3) is 2.70. The van der Waals surface area contributed by atoms with E-state index < -0.39 is 0 Å². The van der Waals surface area contributed by atoms with Gasteiger partial charge in [0.15, 0.2) is 0 Å². The number of rotatable bonds is 3. The Bertz CT molecular complexity index is 942. The van der Waals surface area contributed by atoms with E-state index in [4.69, 9.17) is 0 Å². The Kier molecular flexibility index (Phi) is 3.63. The highest BCUT2D eigenvalue weighted by molar-refractivity contribution is 5.71. The van der Waals surface area contributed by atoms with E-state index in [0.29, 0.717) is 0 Å². The highest BCUT2D eigenvalue weighted by Crippen LogP contribution is 2.27. The largest absolute Gasteiger partial charge is 0.267 e. The number of hydrogen-bond donors (Lipinski definition) is 0. The minimum Gasteiger partial charge on any atom is -0.267 e. The van der Waals surface area contributed by atoms with Gasteiger partial charge in [0.1, 0.15) is 0 Å². The molecule has 0 spiro atoms. The lowest BCUT2D eigenvalue weighted by molar-refractivity contribution is 0.779. The lowest BCUT2D eigenvalue weighted by atomic mass is 10.0. The lowest BCUT2D eigenvalue weighted by Crippen LogP contribution is -1.93. The molecule has 4 heteroatoms. The number of nitrogens with zero attached hydrogens (tertiary/aromatic N) is 4. The molecular weight excluding hydrogens is 296 g/mol. The van der Waals surface area contributed by atoms with Crippen LogP contribution < -0.4 is 0 Å². The van der Waals surface area contributed by atoms with E-state index in [1.807, 2.05) is 36.0 Å². The molecule has 116 valence electrons. The monoisotopic (exact) mass is 312 g/mol. The standard InChI is InChI=1S/C20H16N4/c1-24-20(13-19(23-24)16-5-3-2-4-6-16)17-9-7-15(8-10-17)18-11-12-21-22-14-18/h2-14H,1H3. The summed E-state index contributed by atoms with van der Waals surface area (Å²) in [5.74, 6) is 0. The summed E-state index contributed by atoms with van der Waals surface area (Å²) in [5, 5.41) is 12.4. The quantitative estimate of drug-likeness (QED) is 0.569. The van der Waals surface area contributed by atoms with Crippen molar-refractivity contribution < 1.29 is 0 Å². The Balaban J connectivity index is 1.68. The van der Waals surface area contributed by atoms with Gasteiger partial charge in [-0.25, -0.2) is 0 Å². The molecule has 2 aromatic heterocycles. The van der Waals surface area contributed by atoms with Crippen LogP contribution in [0.15, 0.2) is 79.1 Å². The molecule has 0 saturated heterocycles. The molecule has 24 heavy (non-hydrogen) atoms. The fraction of sp³-hybridized carbons (Fsp3) is 0.0500. The summed E-state index contributed by atoms with van der Waals surface area (Å²) in [6.45, 7) is 0. The third-order valence-electron chi connectivity index (χ3n) is 4.05. The van der Waals surface area contributed by atoms with E-state index in [9.17, 15) is 0 Å². The van der Waals surface area contributed by atoms with Gasteiger partial charge in [-0.2, -0.15) is 15.3 Å². The molecule has 0 saturated carbocycles. The van der Waals surface area contributed by atoms with Crippen molar-refractivity contribution in [3.63, 3.8) is 0 Å². The number of hydrogen-bond acceptors (Lipinski definition) is 3. The summed E-state index contributed by atoms with van der Waals surface area (Å²) in [4.78, 5) is 0. The fourth-order valence-corrected chi connectivity index (χ4v) is 2.78. The van der Waals surface area contributed by atoms with E-state index in [-0.39, 0.29) is 0 Å². The molecule has 0 radical (unpaired) electrons. The molecule has 4 nitrogen and oxygen atoms in total. The van der Waals surface area contributed by atoms with Gasteiger partial charge in [0.25, 0.3) is 0 Å². The van der Waals surface area contributed by atoms with E-state index in [1.54, 1.807) is 12.4 Å². The van der Waals surface area contributed by atoms with Crippen LogP contribution in [0.5, 0.6) is 0 Å². The molecule has 0 fully saturated rings. The van der Waals surface area contributed by atoms with Crippen molar-refractivity contribution in [1.82, 2.24) is 20.0 Å². The van der Waals surface area contributed by atoms with Crippen molar-refractivity contribution >= 4 is 0 Å². The minimum atomic E-state index is 0.982. The third-order valence-corrected chi connectivity index (χ3v) is 4.05. The van der Waals surface area contributed by atoms with Crippen molar-refractivity contribution in [2.45, 2.75) is 0 Å². The summed E-state index contributed by atoms with van der Waals surface area (Å²) in [6, 6.07) is 22.7. The first-order chi connectivity index (χ1) is 11.8. The van der Waals surface area contributed by atoms with Crippen LogP contribution >= 0.6 is 0 Å². The van der Waals surface area contributed by atoms with Crippen LogP contribution in [0.4, 0.5) is 0 Å². The summed E-state index contributed by atoms with van der Waals surface area (Å²) >= 11 is 0. The van der Waals surface area contributed by atoms with E-state index >= 15 is 0 Å². The fourth-order valence-electron chi connectivity index (χ4n) is 2.78. The Hall–Kier alpha value is -3.27. The van der Waals surface area contributed by atoms with E-state index in [1.165, 1.54) is 0 Å². The Labute approximate surface area is 140 Å². The number of aromatic nitrogens is 4. The topological polar surface area (TPSA) is 43.6 Å². The predicted octanol–water partition coefficient (Wildman–Crippen LogP) is 4.21. The predicted molar refractivity (Wildman–Crippen MR) is 95.1 cm³/mol. The van der Waals surface area contributed by atoms with E-state index in [0.717, 1.165) is 33.6 Å². The van der Waals surface area contributed by atoms with Crippen molar-refractivity contribution in [2.24, 2.45) is 7.05 Å². The molecule has 0 aliphatic heterocycles. The maximum atomic E-state index is 4.64. The highest BCUT2D eigenvalue weighted by Gasteiger charge is 2.09. The van der Waals surface area contributed by atoms with Crippen LogP contribution in [0.1, 0.15) is 0 Å². The second kappa shape index (κ2) is 6.08. The summed E-state index contributed by atoms with van der Waals surface area (Å²) in [5.41, 5.74) is 6.52. The molecule has 0 amide bonds. The molecule has 0 bridgehead atoms. The Morgan fingerprint density at radius 2 is 1.46 bits per heavy atom. The highest BCUT2D eigenvalue weighted by atomic mass is 15.3. The zero-order valence-corrected chi connectivity index (χ0v) is 13.3. The zero-order valence-electron chi connectivity index (χ0n) is 13.3. The van der Waals surface area contributed by atoms with Gasteiger partial charge in [0, 0.05) is 18.2 Å². The summed E-state index contributed by atoms with van der Waals surface area (Å²) in [6.07, 6.45) is 3.48. The summed E-state index contributed by atoms with van der Waals surface area (Å²) < 4.78 is 1.92. The molecule has 4 rings (SSSR count). The molecule has 0 N–H and O–H groups in total. The van der Waals surface area contributed by atoms with Crippen LogP contribution in [0.3, 0.4) is 0 Å². The first-order valence-electron chi connectivity index (χ1n) is 7.78. The Morgan fingerprint density at radius 3 is 2.17 bits per heavy atom. The second-order valence-electron chi connectivity index (χ2n) is 5.61. The molecule has 2 heterocycles. The molecular formula is C20H16N4. The first-order valence-corrected chi connectivity index (χ1v) is 7.78. The number of benzene rings is 2. The lowest BCUT2D eigenvalue weighted by Gasteiger charge is -2.04. The maximum absolute atomic E-state index is 4.64. The van der Waals surface area contributed by atoms with Crippen molar-refractivity contribution in [3.8, 4) is 33.6 Å². The second-order valence-corrected chi connectivity index (χ2v) is 5.61. The van der Waals surface area contributed by atoms with Crippen LogP contribution in [-0.4, -0.2) is 20.0 Å². The van der Waals surface area contributed by atoms with Crippen molar-refractivity contribution in [3.05, 3.63) is 79.1 Å². The van der Waals surface area contributed by atoms with Gasteiger partial charge in [-0.1, -0.05) is 54.6 Å². The smallest absolute Gasteiger partial charge is 0.0929 e. The van der Waals surface area contributed by atoms with Crippen LogP contribution in [0.25, 0.3) is 33.6 Å². The van der Waals surface area contributed by atoms with Crippen LogP contribution in [0, 0.1) is 0 Å². The van der Waals surface area contributed by atoms with Gasteiger partial charge in [-0.05, 0) is 23.3 Å². The average molecular weight is 312 g/mol. The Morgan fingerprint density at radius 1 is 0.708 bits per heavy atom. The van der Waals surface area contributed by atoms with Crippen LogP contribution in [-0.2, 0) is 7.05 Å². The molecule has 4 aromatic rings. The van der Waals surface area contributed by atoms with Crippen molar-refractivity contribution in [2.75, 3.05) is 0 Å². The van der Waals surface area contributed by atoms with Gasteiger partial charge >= 0.3 is 0 Å².